The third kappa shape index (κ3) is 3.82. The molecule has 0 saturated carbocycles. The van der Waals surface area contributed by atoms with Crippen LogP contribution in [-0.2, 0) is 12.7 Å². The van der Waals surface area contributed by atoms with Gasteiger partial charge in [-0.15, -0.1) is 0 Å². The summed E-state index contributed by atoms with van der Waals surface area (Å²) in [5.74, 6) is 0.0376. The molecule has 0 atom stereocenters. The molecule has 0 spiro atoms. The number of alkyl halides is 3. The van der Waals surface area contributed by atoms with Crippen LogP contribution in [0.1, 0.15) is 16.7 Å². The molecule has 2 aromatic carbocycles. The van der Waals surface area contributed by atoms with Crippen molar-refractivity contribution in [2.24, 2.45) is 0 Å². The lowest BCUT2D eigenvalue weighted by molar-refractivity contribution is -0.136. The Balaban J connectivity index is 2.26. The second-order valence-electron chi connectivity index (χ2n) is 4.67. The van der Waals surface area contributed by atoms with Crippen molar-refractivity contribution in [3.8, 4) is 5.75 Å². The molecule has 0 fully saturated rings. The minimum Gasteiger partial charge on any atom is -0.508 e. The molecule has 0 radical (unpaired) electrons. The van der Waals surface area contributed by atoms with E-state index in [0.717, 1.165) is 11.6 Å². The number of anilines is 1. The van der Waals surface area contributed by atoms with E-state index in [1.54, 1.807) is 12.1 Å². The van der Waals surface area contributed by atoms with Gasteiger partial charge in [-0.1, -0.05) is 29.3 Å². The standard InChI is InChI=1S/C15H13ClF3NO/c1-9-2-5-14(21)10(6-9)8-20-13-4-3-11(16)7-12(13)15(17,18)19/h2-7,20-21H,8H2,1H3. The predicted molar refractivity (Wildman–Crippen MR) is 76.6 cm³/mol. The van der Waals surface area contributed by atoms with Crippen molar-refractivity contribution in [1.29, 1.82) is 0 Å². The van der Waals surface area contributed by atoms with Gasteiger partial charge in [-0.3, -0.25) is 0 Å². The molecule has 2 aromatic rings. The van der Waals surface area contributed by atoms with Crippen molar-refractivity contribution < 1.29 is 18.3 Å². The lowest BCUT2D eigenvalue weighted by Gasteiger charge is -2.15. The van der Waals surface area contributed by atoms with E-state index in [1.165, 1.54) is 18.2 Å². The number of benzene rings is 2. The number of hydrogen-bond donors (Lipinski definition) is 2. The first-order valence-corrected chi connectivity index (χ1v) is 6.54. The van der Waals surface area contributed by atoms with Crippen molar-refractivity contribution in [1.82, 2.24) is 0 Å². The summed E-state index contributed by atoms with van der Waals surface area (Å²) in [5, 5.41) is 12.4. The first-order valence-electron chi connectivity index (χ1n) is 6.16. The van der Waals surface area contributed by atoms with Crippen LogP contribution in [-0.4, -0.2) is 5.11 Å². The molecular formula is C15H13ClF3NO. The highest BCUT2D eigenvalue weighted by atomic mass is 35.5. The SMILES string of the molecule is Cc1ccc(O)c(CNc2ccc(Cl)cc2C(F)(F)F)c1. The van der Waals surface area contributed by atoms with Crippen LogP contribution in [0.15, 0.2) is 36.4 Å². The Morgan fingerprint density at radius 3 is 2.52 bits per heavy atom. The molecule has 0 heterocycles. The highest BCUT2D eigenvalue weighted by Crippen LogP contribution is 2.36. The molecule has 112 valence electrons. The van der Waals surface area contributed by atoms with E-state index in [0.29, 0.717) is 5.56 Å². The van der Waals surface area contributed by atoms with E-state index >= 15 is 0 Å². The number of nitrogens with one attached hydrogen (secondary N) is 1. The Bertz CT molecular complexity index is 656. The molecule has 0 aliphatic rings. The Kier molecular flexibility index (Phi) is 4.32. The van der Waals surface area contributed by atoms with Gasteiger partial charge in [0.15, 0.2) is 0 Å². The van der Waals surface area contributed by atoms with E-state index in [2.05, 4.69) is 5.32 Å². The lowest BCUT2D eigenvalue weighted by atomic mass is 10.1. The van der Waals surface area contributed by atoms with Crippen molar-refractivity contribution in [2.75, 3.05) is 5.32 Å². The van der Waals surface area contributed by atoms with E-state index in [1.807, 2.05) is 6.92 Å². The van der Waals surface area contributed by atoms with E-state index < -0.39 is 11.7 Å². The summed E-state index contributed by atoms with van der Waals surface area (Å²) in [6.07, 6.45) is -4.50. The van der Waals surface area contributed by atoms with Crippen molar-refractivity contribution in [3.05, 3.63) is 58.1 Å². The maximum absolute atomic E-state index is 12.9. The topological polar surface area (TPSA) is 32.3 Å². The fraction of sp³-hybridized carbons (Fsp3) is 0.200. The van der Waals surface area contributed by atoms with Crippen LogP contribution >= 0.6 is 11.6 Å². The average Bonchev–Trinajstić information content (AvgIpc) is 2.40. The maximum atomic E-state index is 12.9. The van der Waals surface area contributed by atoms with Gasteiger partial charge in [0.25, 0.3) is 0 Å². The van der Waals surface area contributed by atoms with Gasteiger partial charge >= 0.3 is 6.18 Å². The molecule has 0 saturated heterocycles. The number of hydrogen-bond acceptors (Lipinski definition) is 2. The minimum absolute atomic E-state index is 0.0197. The summed E-state index contributed by atoms with van der Waals surface area (Å²) in [6, 6.07) is 8.49. The fourth-order valence-corrected chi connectivity index (χ4v) is 2.12. The molecule has 0 aliphatic carbocycles. The van der Waals surface area contributed by atoms with Gasteiger partial charge in [0, 0.05) is 22.8 Å². The zero-order chi connectivity index (χ0) is 15.6. The molecule has 0 amide bonds. The van der Waals surface area contributed by atoms with Gasteiger partial charge in [0.05, 0.1) is 5.56 Å². The summed E-state index contributed by atoms with van der Waals surface area (Å²) in [4.78, 5) is 0. The molecule has 2 nitrogen and oxygen atoms in total. The summed E-state index contributed by atoms with van der Waals surface area (Å²) >= 11 is 5.62. The monoisotopic (exact) mass is 315 g/mol. The second-order valence-corrected chi connectivity index (χ2v) is 5.11. The second kappa shape index (κ2) is 5.85. The maximum Gasteiger partial charge on any atom is 0.418 e. The number of aryl methyl sites for hydroxylation is 1. The van der Waals surface area contributed by atoms with Crippen molar-refractivity contribution >= 4 is 17.3 Å². The van der Waals surface area contributed by atoms with Gasteiger partial charge in [-0.2, -0.15) is 13.2 Å². The Hall–Kier alpha value is -1.88. The highest BCUT2D eigenvalue weighted by Gasteiger charge is 2.33. The number of phenols is 1. The quantitative estimate of drug-likeness (QED) is 0.836. The van der Waals surface area contributed by atoms with Crippen LogP contribution in [0.2, 0.25) is 5.02 Å². The smallest absolute Gasteiger partial charge is 0.418 e. The molecule has 6 heteroatoms. The van der Waals surface area contributed by atoms with Crippen LogP contribution in [0, 0.1) is 6.92 Å². The van der Waals surface area contributed by atoms with Crippen LogP contribution in [0.4, 0.5) is 18.9 Å². The van der Waals surface area contributed by atoms with Gasteiger partial charge < -0.3 is 10.4 Å². The van der Waals surface area contributed by atoms with Gasteiger partial charge in [-0.05, 0) is 31.2 Å². The van der Waals surface area contributed by atoms with E-state index in [9.17, 15) is 18.3 Å². The van der Waals surface area contributed by atoms with E-state index in [-0.39, 0.29) is 23.0 Å². The molecule has 0 bridgehead atoms. The first-order chi connectivity index (χ1) is 9.77. The van der Waals surface area contributed by atoms with Crippen LogP contribution in [0.5, 0.6) is 5.75 Å². The molecule has 2 rings (SSSR count). The van der Waals surface area contributed by atoms with Gasteiger partial charge in [-0.25, -0.2) is 0 Å². The number of halogens is 4. The van der Waals surface area contributed by atoms with Crippen LogP contribution in [0.25, 0.3) is 0 Å². The fourth-order valence-electron chi connectivity index (χ4n) is 1.95. The number of phenolic OH excluding ortho intramolecular Hbond substituents is 1. The third-order valence-electron chi connectivity index (χ3n) is 2.99. The lowest BCUT2D eigenvalue weighted by Crippen LogP contribution is -2.11. The minimum atomic E-state index is -4.50. The van der Waals surface area contributed by atoms with Gasteiger partial charge in [0.1, 0.15) is 5.75 Å². The highest BCUT2D eigenvalue weighted by molar-refractivity contribution is 6.30. The first kappa shape index (κ1) is 15.5. The third-order valence-corrected chi connectivity index (χ3v) is 3.23. The molecule has 2 N–H and O–H groups in total. The van der Waals surface area contributed by atoms with Gasteiger partial charge in [0.2, 0.25) is 0 Å². The Labute approximate surface area is 125 Å². The summed E-state index contributed by atoms with van der Waals surface area (Å²) in [7, 11) is 0. The average molecular weight is 316 g/mol. The number of rotatable bonds is 3. The van der Waals surface area contributed by atoms with Crippen molar-refractivity contribution in [2.45, 2.75) is 19.6 Å². The van der Waals surface area contributed by atoms with E-state index in [4.69, 9.17) is 11.6 Å². The Morgan fingerprint density at radius 1 is 1.14 bits per heavy atom. The molecular weight excluding hydrogens is 303 g/mol. The van der Waals surface area contributed by atoms with Crippen LogP contribution in [0.3, 0.4) is 0 Å². The summed E-state index contributed by atoms with van der Waals surface area (Å²) < 4.78 is 38.8. The summed E-state index contributed by atoms with van der Waals surface area (Å²) in [6.45, 7) is 1.92. The molecule has 21 heavy (non-hydrogen) atoms. The summed E-state index contributed by atoms with van der Waals surface area (Å²) in [5.41, 5.74) is 0.532. The Morgan fingerprint density at radius 2 is 1.86 bits per heavy atom. The van der Waals surface area contributed by atoms with Crippen molar-refractivity contribution in [3.63, 3.8) is 0 Å². The zero-order valence-electron chi connectivity index (χ0n) is 11.1. The predicted octanol–water partition coefficient (Wildman–Crippen LogP) is 4.98. The number of aromatic hydroxyl groups is 1. The largest absolute Gasteiger partial charge is 0.508 e. The molecule has 0 unspecified atom stereocenters. The molecule has 0 aliphatic heterocycles. The molecule has 0 aromatic heterocycles. The van der Waals surface area contributed by atoms with Crippen LogP contribution < -0.4 is 5.32 Å². The normalized spacial score (nSPS) is 11.5. The zero-order valence-corrected chi connectivity index (χ0v) is 11.9.